The molecule has 0 aromatic heterocycles. The number of aliphatic hydroxyl groups excluding tert-OH is 1. The van der Waals surface area contributed by atoms with E-state index in [1.54, 1.807) is 0 Å². The molecule has 108 valence electrons. The van der Waals surface area contributed by atoms with E-state index in [0.717, 1.165) is 37.8 Å². The fourth-order valence-electron chi connectivity index (χ4n) is 2.88. The third-order valence-electron chi connectivity index (χ3n) is 4.21. The van der Waals surface area contributed by atoms with Crippen LogP contribution < -0.4 is 5.32 Å². The first-order chi connectivity index (χ1) is 8.67. The van der Waals surface area contributed by atoms with E-state index in [9.17, 15) is 0 Å². The van der Waals surface area contributed by atoms with Gasteiger partial charge in [0.25, 0.3) is 0 Å². The second-order valence-electron chi connectivity index (χ2n) is 6.05. The second kappa shape index (κ2) is 8.89. The third-order valence-corrected chi connectivity index (χ3v) is 4.21. The molecule has 1 unspecified atom stereocenters. The quantitative estimate of drug-likeness (QED) is 0.698. The molecule has 18 heavy (non-hydrogen) atoms. The lowest BCUT2D eigenvalue weighted by Gasteiger charge is -2.36. The molecular formula is C15H32N2O. The predicted octanol–water partition coefficient (Wildman–Crippen LogP) is 2.10. The molecule has 0 aromatic rings. The number of likely N-dealkylation sites (tertiary alicyclic amines) is 1. The first kappa shape index (κ1) is 15.9. The lowest BCUT2D eigenvalue weighted by Crippen LogP contribution is -2.45. The summed E-state index contributed by atoms with van der Waals surface area (Å²) in [7, 11) is 0. The summed E-state index contributed by atoms with van der Waals surface area (Å²) in [4.78, 5) is 2.57. The Balaban J connectivity index is 2.27. The highest BCUT2D eigenvalue weighted by atomic mass is 16.3. The predicted molar refractivity (Wildman–Crippen MR) is 77.8 cm³/mol. The average Bonchev–Trinajstić information content (AvgIpc) is 2.37. The van der Waals surface area contributed by atoms with Crippen molar-refractivity contribution in [3.05, 3.63) is 0 Å². The summed E-state index contributed by atoms with van der Waals surface area (Å²) in [5, 5.41) is 12.7. The van der Waals surface area contributed by atoms with Gasteiger partial charge in [0.15, 0.2) is 0 Å². The Morgan fingerprint density at radius 2 is 1.94 bits per heavy atom. The zero-order chi connectivity index (χ0) is 13.4. The molecule has 1 saturated heterocycles. The summed E-state index contributed by atoms with van der Waals surface area (Å²) in [6.07, 6.45) is 4.73. The monoisotopic (exact) mass is 256 g/mol. The molecule has 0 saturated carbocycles. The van der Waals surface area contributed by atoms with Gasteiger partial charge in [-0.05, 0) is 57.2 Å². The number of aliphatic hydroxyl groups is 1. The first-order valence-electron chi connectivity index (χ1n) is 7.74. The summed E-state index contributed by atoms with van der Waals surface area (Å²) in [6.45, 7) is 11.8. The van der Waals surface area contributed by atoms with E-state index in [-0.39, 0.29) is 0 Å². The molecule has 0 aromatic carbocycles. The fraction of sp³-hybridized carbons (Fsp3) is 1.00. The van der Waals surface area contributed by atoms with E-state index >= 15 is 0 Å². The molecule has 1 aliphatic heterocycles. The summed E-state index contributed by atoms with van der Waals surface area (Å²) >= 11 is 0. The van der Waals surface area contributed by atoms with Crippen molar-refractivity contribution < 1.29 is 5.11 Å². The average molecular weight is 256 g/mol. The van der Waals surface area contributed by atoms with Crippen LogP contribution in [0.3, 0.4) is 0 Å². The van der Waals surface area contributed by atoms with Crippen molar-refractivity contribution in [3.63, 3.8) is 0 Å². The van der Waals surface area contributed by atoms with Crippen molar-refractivity contribution in [3.8, 4) is 0 Å². The summed E-state index contributed by atoms with van der Waals surface area (Å²) in [6, 6.07) is 0.463. The van der Waals surface area contributed by atoms with Crippen LogP contribution in [0.2, 0.25) is 0 Å². The van der Waals surface area contributed by atoms with Gasteiger partial charge in [-0.25, -0.2) is 0 Å². The van der Waals surface area contributed by atoms with Crippen LogP contribution in [0.5, 0.6) is 0 Å². The highest BCUT2D eigenvalue weighted by Crippen LogP contribution is 2.24. The van der Waals surface area contributed by atoms with Crippen molar-refractivity contribution in [2.75, 3.05) is 32.8 Å². The minimum absolute atomic E-state index is 0.295. The van der Waals surface area contributed by atoms with Crippen LogP contribution in [0.4, 0.5) is 0 Å². The maximum atomic E-state index is 9.12. The summed E-state index contributed by atoms with van der Waals surface area (Å²) < 4.78 is 0. The van der Waals surface area contributed by atoms with Crippen molar-refractivity contribution in [2.45, 2.75) is 52.5 Å². The maximum Gasteiger partial charge on any atom is 0.0446 e. The maximum absolute atomic E-state index is 9.12. The van der Waals surface area contributed by atoms with Crippen molar-refractivity contribution in [2.24, 2.45) is 11.8 Å². The molecule has 1 atom stereocenters. The number of nitrogens with one attached hydrogen (secondary N) is 1. The van der Waals surface area contributed by atoms with Crippen LogP contribution in [0.25, 0.3) is 0 Å². The van der Waals surface area contributed by atoms with Gasteiger partial charge in [-0.1, -0.05) is 20.8 Å². The number of hydrogen-bond acceptors (Lipinski definition) is 3. The summed E-state index contributed by atoms with van der Waals surface area (Å²) in [5.41, 5.74) is 0. The molecule has 1 rings (SSSR count). The SMILES string of the molecule is CCCNC(CCO)CN1CCC(C(C)C)CC1. The Hall–Kier alpha value is -0.120. The topological polar surface area (TPSA) is 35.5 Å². The molecule has 2 N–H and O–H groups in total. The standard InChI is InChI=1S/C15H32N2O/c1-4-8-16-15(7-11-18)12-17-9-5-14(6-10-17)13(2)3/h13-16,18H,4-12H2,1-3H3. The number of rotatable bonds is 8. The molecule has 0 bridgehead atoms. The molecule has 0 radical (unpaired) electrons. The van der Waals surface area contributed by atoms with Crippen molar-refractivity contribution >= 4 is 0 Å². The smallest absolute Gasteiger partial charge is 0.0446 e. The first-order valence-corrected chi connectivity index (χ1v) is 7.74. The van der Waals surface area contributed by atoms with Gasteiger partial charge < -0.3 is 15.3 Å². The van der Waals surface area contributed by atoms with Crippen LogP contribution in [-0.2, 0) is 0 Å². The zero-order valence-corrected chi connectivity index (χ0v) is 12.5. The number of nitrogens with zero attached hydrogens (tertiary/aromatic N) is 1. The molecular weight excluding hydrogens is 224 g/mol. The van der Waals surface area contributed by atoms with Crippen LogP contribution >= 0.6 is 0 Å². The normalized spacial score (nSPS) is 20.5. The number of piperidine rings is 1. The van der Waals surface area contributed by atoms with Crippen LogP contribution in [0.15, 0.2) is 0 Å². The van der Waals surface area contributed by atoms with Gasteiger partial charge in [0.2, 0.25) is 0 Å². The van der Waals surface area contributed by atoms with E-state index in [4.69, 9.17) is 5.11 Å². The molecule has 3 nitrogen and oxygen atoms in total. The van der Waals surface area contributed by atoms with Crippen molar-refractivity contribution in [1.29, 1.82) is 0 Å². The van der Waals surface area contributed by atoms with E-state index < -0.39 is 0 Å². The number of hydrogen-bond donors (Lipinski definition) is 2. The van der Waals surface area contributed by atoms with Crippen LogP contribution in [0.1, 0.15) is 46.5 Å². The van der Waals surface area contributed by atoms with E-state index in [0.29, 0.717) is 12.6 Å². The van der Waals surface area contributed by atoms with Gasteiger partial charge in [-0.15, -0.1) is 0 Å². The van der Waals surface area contributed by atoms with E-state index in [1.165, 1.54) is 25.9 Å². The van der Waals surface area contributed by atoms with Gasteiger partial charge in [-0.2, -0.15) is 0 Å². The highest BCUT2D eigenvalue weighted by molar-refractivity contribution is 4.78. The Bertz CT molecular complexity index is 201. The highest BCUT2D eigenvalue weighted by Gasteiger charge is 2.23. The fourth-order valence-corrected chi connectivity index (χ4v) is 2.88. The Morgan fingerprint density at radius 3 is 2.44 bits per heavy atom. The van der Waals surface area contributed by atoms with Gasteiger partial charge in [0.1, 0.15) is 0 Å². The molecule has 1 fully saturated rings. The Kier molecular flexibility index (Phi) is 7.87. The van der Waals surface area contributed by atoms with Crippen molar-refractivity contribution in [1.82, 2.24) is 10.2 Å². The third kappa shape index (κ3) is 5.68. The van der Waals surface area contributed by atoms with Gasteiger partial charge in [-0.3, -0.25) is 0 Å². The lowest BCUT2D eigenvalue weighted by atomic mass is 9.86. The summed E-state index contributed by atoms with van der Waals surface area (Å²) in [5.74, 6) is 1.75. The largest absolute Gasteiger partial charge is 0.396 e. The lowest BCUT2D eigenvalue weighted by molar-refractivity contribution is 0.138. The Morgan fingerprint density at radius 1 is 1.28 bits per heavy atom. The minimum Gasteiger partial charge on any atom is -0.396 e. The van der Waals surface area contributed by atoms with E-state index in [1.807, 2.05) is 0 Å². The molecule has 1 heterocycles. The van der Waals surface area contributed by atoms with Crippen LogP contribution in [-0.4, -0.2) is 48.8 Å². The molecule has 0 aliphatic carbocycles. The molecule has 0 spiro atoms. The molecule has 1 aliphatic rings. The second-order valence-corrected chi connectivity index (χ2v) is 6.05. The minimum atomic E-state index is 0.295. The van der Waals surface area contributed by atoms with Crippen LogP contribution in [0, 0.1) is 11.8 Å². The Labute approximate surface area is 113 Å². The van der Waals surface area contributed by atoms with Gasteiger partial charge >= 0.3 is 0 Å². The van der Waals surface area contributed by atoms with Gasteiger partial charge in [0, 0.05) is 19.2 Å². The molecule has 0 amide bonds. The van der Waals surface area contributed by atoms with Gasteiger partial charge in [0.05, 0.1) is 0 Å². The van der Waals surface area contributed by atoms with E-state index in [2.05, 4.69) is 31.0 Å². The molecule has 3 heteroatoms. The zero-order valence-electron chi connectivity index (χ0n) is 12.5.